The number of carbonyl (C=O) groups is 1. The van der Waals surface area contributed by atoms with Gasteiger partial charge in [-0.3, -0.25) is 9.69 Å². The SMILES string of the molecule is CN(C)[C@H](CNC(=O)C1CCN(c2ncc(C(F)(F)F)cc2Cl)CC1)c1ccco1. The summed E-state index contributed by atoms with van der Waals surface area (Å²) in [5.74, 6) is 0.876. The fourth-order valence-electron chi connectivity index (χ4n) is 3.53. The van der Waals surface area contributed by atoms with Gasteiger partial charge in [-0.15, -0.1) is 0 Å². The van der Waals surface area contributed by atoms with Crippen LogP contribution >= 0.6 is 11.6 Å². The van der Waals surface area contributed by atoms with Gasteiger partial charge in [-0.2, -0.15) is 13.2 Å². The predicted molar refractivity (Wildman–Crippen MR) is 107 cm³/mol. The maximum atomic E-state index is 12.8. The number of furan rings is 1. The van der Waals surface area contributed by atoms with E-state index in [1.54, 1.807) is 6.26 Å². The highest BCUT2D eigenvalue weighted by molar-refractivity contribution is 6.33. The maximum absolute atomic E-state index is 12.8. The average Bonchev–Trinajstić information content (AvgIpc) is 3.21. The Balaban J connectivity index is 1.54. The van der Waals surface area contributed by atoms with Crippen molar-refractivity contribution in [3.63, 3.8) is 0 Å². The highest BCUT2D eigenvalue weighted by Gasteiger charge is 2.33. The minimum atomic E-state index is -4.49. The van der Waals surface area contributed by atoms with E-state index >= 15 is 0 Å². The third kappa shape index (κ3) is 5.26. The average molecular weight is 445 g/mol. The molecule has 0 bridgehead atoms. The lowest BCUT2D eigenvalue weighted by Gasteiger charge is -2.33. The van der Waals surface area contributed by atoms with E-state index in [4.69, 9.17) is 16.0 Å². The maximum Gasteiger partial charge on any atom is 0.417 e. The first-order valence-electron chi connectivity index (χ1n) is 9.62. The van der Waals surface area contributed by atoms with Gasteiger partial charge in [0, 0.05) is 31.7 Å². The van der Waals surface area contributed by atoms with E-state index in [0.29, 0.717) is 38.3 Å². The number of carbonyl (C=O) groups excluding carboxylic acids is 1. The number of hydrogen-bond acceptors (Lipinski definition) is 5. The number of alkyl halides is 3. The van der Waals surface area contributed by atoms with E-state index in [2.05, 4.69) is 10.3 Å². The van der Waals surface area contributed by atoms with Crippen LogP contribution in [0.15, 0.2) is 35.1 Å². The second-order valence-corrected chi connectivity index (χ2v) is 7.94. The predicted octanol–water partition coefficient (Wildman–Crippen LogP) is 3.98. The summed E-state index contributed by atoms with van der Waals surface area (Å²) in [5, 5.41) is 2.94. The van der Waals surface area contributed by atoms with Crippen LogP contribution in [0.4, 0.5) is 19.0 Å². The molecule has 1 atom stereocenters. The first kappa shape index (κ1) is 22.4. The van der Waals surface area contributed by atoms with Gasteiger partial charge >= 0.3 is 6.18 Å². The number of halogens is 4. The van der Waals surface area contributed by atoms with Gasteiger partial charge in [-0.25, -0.2) is 4.98 Å². The van der Waals surface area contributed by atoms with Gasteiger partial charge in [-0.1, -0.05) is 11.6 Å². The molecular weight excluding hydrogens is 421 g/mol. The van der Waals surface area contributed by atoms with E-state index in [-0.39, 0.29) is 22.9 Å². The third-order valence-electron chi connectivity index (χ3n) is 5.28. The number of nitrogens with one attached hydrogen (secondary N) is 1. The number of rotatable bonds is 6. The number of likely N-dealkylation sites (N-methyl/N-ethyl adjacent to an activating group) is 1. The Morgan fingerprint density at radius 3 is 2.63 bits per heavy atom. The zero-order chi connectivity index (χ0) is 21.9. The highest BCUT2D eigenvalue weighted by Crippen LogP contribution is 2.34. The summed E-state index contributed by atoms with van der Waals surface area (Å²) in [6.45, 7) is 1.41. The zero-order valence-electron chi connectivity index (χ0n) is 16.7. The fourth-order valence-corrected chi connectivity index (χ4v) is 3.82. The molecule has 1 N–H and O–H groups in total. The summed E-state index contributed by atoms with van der Waals surface area (Å²) in [4.78, 5) is 20.3. The Morgan fingerprint density at radius 2 is 2.10 bits per heavy atom. The Labute approximate surface area is 178 Å². The summed E-state index contributed by atoms with van der Waals surface area (Å²) in [5.41, 5.74) is -0.877. The molecule has 0 saturated carbocycles. The lowest BCUT2D eigenvalue weighted by atomic mass is 9.95. The number of aromatic nitrogens is 1. The molecule has 1 amide bonds. The molecule has 0 radical (unpaired) electrons. The van der Waals surface area contributed by atoms with Crippen molar-refractivity contribution in [1.29, 1.82) is 0 Å². The molecule has 10 heteroatoms. The topological polar surface area (TPSA) is 61.6 Å². The molecule has 30 heavy (non-hydrogen) atoms. The van der Waals surface area contributed by atoms with Gasteiger partial charge in [0.1, 0.15) is 11.6 Å². The summed E-state index contributed by atoms with van der Waals surface area (Å²) in [6.07, 6.45) is -0.962. The molecule has 164 valence electrons. The molecule has 3 rings (SSSR count). The summed E-state index contributed by atoms with van der Waals surface area (Å²) < 4.78 is 43.8. The molecule has 0 aliphatic carbocycles. The lowest BCUT2D eigenvalue weighted by molar-refractivity contribution is -0.137. The van der Waals surface area contributed by atoms with Crippen molar-refractivity contribution in [3.8, 4) is 0 Å². The van der Waals surface area contributed by atoms with E-state index in [1.165, 1.54) is 0 Å². The molecule has 2 aromatic rings. The van der Waals surface area contributed by atoms with Crippen molar-refractivity contribution < 1.29 is 22.4 Å². The number of hydrogen-bond donors (Lipinski definition) is 1. The quantitative estimate of drug-likeness (QED) is 0.730. The molecule has 1 saturated heterocycles. The summed E-state index contributed by atoms with van der Waals surface area (Å²) in [6, 6.07) is 4.50. The van der Waals surface area contributed by atoms with E-state index < -0.39 is 11.7 Å². The van der Waals surface area contributed by atoms with Crippen LogP contribution in [0.2, 0.25) is 5.02 Å². The lowest BCUT2D eigenvalue weighted by Crippen LogP contribution is -2.43. The Bertz CT molecular complexity index is 850. The van der Waals surface area contributed by atoms with Gasteiger partial charge in [0.2, 0.25) is 5.91 Å². The van der Waals surface area contributed by atoms with Crippen molar-refractivity contribution in [2.24, 2.45) is 5.92 Å². The Morgan fingerprint density at radius 1 is 1.40 bits per heavy atom. The van der Waals surface area contributed by atoms with Crippen LogP contribution in [0.25, 0.3) is 0 Å². The van der Waals surface area contributed by atoms with Crippen LogP contribution in [-0.2, 0) is 11.0 Å². The first-order chi connectivity index (χ1) is 14.2. The van der Waals surface area contributed by atoms with E-state index in [9.17, 15) is 18.0 Å². The second kappa shape index (κ2) is 9.26. The number of nitrogens with zero attached hydrogens (tertiary/aromatic N) is 3. The largest absolute Gasteiger partial charge is 0.468 e. The molecular formula is C20H24ClF3N4O2. The number of piperidine rings is 1. The first-order valence-corrected chi connectivity index (χ1v) is 10.00. The van der Waals surface area contributed by atoms with Gasteiger partial charge in [0.15, 0.2) is 0 Å². The van der Waals surface area contributed by atoms with Gasteiger partial charge < -0.3 is 14.6 Å². The van der Waals surface area contributed by atoms with Crippen molar-refractivity contribution in [3.05, 3.63) is 47.0 Å². The standard InChI is InChI=1S/C20H24ClF3N4O2/c1-27(2)16(17-4-3-9-30-17)12-26-19(29)13-5-7-28(8-6-13)18-15(21)10-14(11-25-18)20(22,23)24/h3-4,9-11,13,16H,5-8,12H2,1-2H3,(H,26,29)/t16-/m1/s1. The Kier molecular flexibility index (Phi) is 6.92. The molecule has 2 aromatic heterocycles. The van der Waals surface area contributed by atoms with E-state index in [0.717, 1.165) is 18.0 Å². The van der Waals surface area contributed by atoms with Gasteiger partial charge in [-0.05, 0) is 45.1 Å². The number of anilines is 1. The molecule has 1 aliphatic rings. The van der Waals surface area contributed by atoms with Crippen molar-refractivity contribution >= 4 is 23.3 Å². The van der Waals surface area contributed by atoms with Crippen LogP contribution in [0.1, 0.15) is 30.2 Å². The van der Waals surface area contributed by atoms with Crippen LogP contribution in [0, 0.1) is 5.92 Å². The molecule has 0 spiro atoms. The highest BCUT2D eigenvalue weighted by atomic mass is 35.5. The van der Waals surface area contributed by atoms with Crippen LogP contribution < -0.4 is 10.2 Å². The van der Waals surface area contributed by atoms with Crippen molar-refractivity contribution in [2.75, 3.05) is 38.6 Å². The van der Waals surface area contributed by atoms with Gasteiger partial charge in [0.05, 0.1) is 22.9 Å². The molecule has 1 aliphatic heterocycles. The number of amides is 1. The van der Waals surface area contributed by atoms with E-state index in [1.807, 2.05) is 36.0 Å². The Hall–Kier alpha value is -2.26. The molecule has 3 heterocycles. The monoisotopic (exact) mass is 444 g/mol. The van der Waals surface area contributed by atoms with Crippen LogP contribution in [-0.4, -0.2) is 49.5 Å². The number of pyridine rings is 1. The molecule has 6 nitrogen and oxygen atoms in total. The molecule has 1 fully saturated rings. The third-order valence-corrected chi connectivity index (χ3v) is 5.56. The summed E-state index contributed by atoms with van der Waals surface area (Å²) >= 11 is 6.03. The van der Waals surface area contributed by atoms with Crippen LogP contribution in [0.3, 0.4) is 0 Å². The minimum absolute atomic E-state index is 0.0417. The zero-order valence-corrected chi connectivity index (χ0v) is 17.5. The second-order valence-electron chi connectivity index (χ2n) is 7.53. The van der Waals surface area contributed by atoms with Crippen LogP contribution in [0.5, 0.6) is 0 Å². The van der Waals surface area contributed by atoms with Gasteiger partial charge in [0.25, 0.3) is 0 Å². The molecule has 0 unspecified atom stereocenters. The van der Waals surface area contributed by atoms with Crippen molar-refractivity contribution in [1.82, 2.24) is 15.2 Å². The van der Waals surface area contributed by atoms with Crippen molar-refractivity contribution in [2.45, 2.75) is 25.1 Å². The molecule has 0 aromatic carbocycles. The minimum Gasteiger partial charge on any atom is -0.468 e. The summed E-state index contributed by atoms with van der Waals surface area (Å²) in [7, 11) is 3.83. The smallest absolute Gasteiger partial charge is 0.417 e. The normalized spacial score (nSPS) is 16.7. The fraction of sp³-hybridized carbons (Fsp3) is 0.500.